The monoisotopic (exact) mass is 341 g/mol. The first-order valence-electron chi connectivity index (χ1n) is 7.09. The lowest BCUT2D eigenvalue weighted by Gasteiger charge is -2.20. The number of halogens is 1. The Hall–Kier alpha value is -2.92. The highest BCUT2D eigenvalue weighted by Crippen LogP contribution is 2.30. The fraction of sp³-hybridized carbons (Fsp3) is 0.0556. The van der Waals surface area contributed by atoms with Crippen LogP contribution in [0.25, 0.3) is 0 Å². The summed E-state index contributed by atoms with van der Waals surface area (Å²) >= 11 is 6.08. The number of hydrogen-bond acceptors (Lipinski definition) is 4. The number of carbonyl (C=O) groups is 3. The van der Waals surface area contributed by atoms with Crippen LogP contribution < -0.4 is 5.32 Å². The highest BCUT2D eigenvalue weighted by molar-refractivity contribution is 6.34. The smallest absolute Gasteiger partial charge is 0.335 e. The third kappa shape index (κ3) is 2.59. The van der Waals surface area contributed by atoms with Crippen LogP contribution in [0.3, 0.4) is 0 Å². The molecule has 0 bridgehead atoms. The quantitative estimate of drug-likeness (QED) is 0.887. The molecule has 120 valence electrons. The van der Waals surface area contributed by atoms with Crippen molar-refractivity contribution >= 4 is 34.8 Å². The fourth-order valence-electron chi connectivity index (χ4n) is 2.53. The molecule has 5 nitrogen and oxygen atoms in total. The van der Waals surface area contributed by atoms with Crippen LogP contribution in [0.1, 0.15) is 38.0 Å². The lowest BCUT2D eigenvalue weighted by molar-refractivity contribution is 0.0696. The van der Waals surface area contributed by atoms with Crippen LogP contribution in [-0.2, 0) is 0 Å². The third-order valence-corrected chi connectivity index (χ3v) is 4.15. The van der Waals surface area contributed by atoms with Gasteiger partial charge in [0.2, 0.25) is 5.78 Å². The zero-order valence-corrected chi connectivity index (χ0v) is 13.3. The van der Waals surface area contributed by atoms with Crippen LogP contribution >= 0.6 is 11.6 Å². The van der Waals surface area contributed by atoms with Gasteiger partial charge in [-0.3, -0.25) is 9.59 Å². The van der Waals surface area contributed by atoms with Crippen LogP contribution in [0.5, 0.6) is 0 Å². The Kier molecular flexibility index (Phi) is 3.95. The molecule has 2 N–H and O–H groups in total. The van der Waals surface area contributed by atoms with Gasteiger partial charge in [-0.05, 0) is 25.1 Å². The van der Waals surface area contributed by atoms with Crippen molar-refractivity contribution in [2.45, 2.75) is 6.92 Å². The van der Waals surface area contributed by atoms with E-state index in [1.807, 2.05) is 0 Å². The number of rotatable bonds is 3. The molecular formula is C18H12ClNO4. The van der Waals surface area contributed by atoms with Gasteiger partial charge in [0.25, 0.3) is 0 Å². The maximum Gasteiger partial charge on any atom is 0.335 e. The Morgan fingerprint density at radius 2 is 1.67 bits per heavy atom. The summed E-state index contributed by atoms with van der Waals surface area (Å²) < 4.78 is 0. The molecule has 0 amide bonds. The highest BCUT2D eigenvalue weighted by Gasteiger charge is 2.30. The lowest BCUT2D eigenvalue weighted by Crippen LogP contribution is -2.25. The number of anilines is 1. The highest BCUT2D eigenvalue weighted by atomic mass is 35.5. The molecule has 1 aliphatic rings. The van der Waals surface area contributed by atoms with Crippen molar-refractivity contribution in [3.8, 4) is 0 Å². The largest absolute Gasteiger partial charge is 0.478 e. The molecule has 0 atom stereocenters. The van der Waals surface area contributed by atoms with E-state index in [9.17, 15) is 14.4 Å². The number of carbonyl (C=O) groups excluding carboxylic acids is 2. The molecule has 0 aliphatic heterocycles. The summed E-state index contributed by atoms with van der Waals surface area (Å²) in [4.78, 5) is 36.0. The van der Waals surface area contributed by atoms with E-state index in [0.29, 0.717) is 16.8 Å². The Morgan fingerprint density at radius 3 is 2.25 bits per heavy atom. The average Bonchev–Trinajstić information content (AvgIpc) is 2.57. The molecule has 0 unspecified atom stereocenters. The van der Waals surface area contributed by atoms with E-state index in [-0.39, 0.29) is 33.4 Å². The molecule has 0 saturated heterocycles. The number of Topliss-reactive ketones (excluding diaryl/α,β-unsaturated/α-hetero) is 2. The summed E-state index contributed by atoms with van der Waals surface area (Å²) in [5.74, 6) is -1.64. The van der Waals surface area contributed by atoms with Crippen molar-refractivity contribution in [2.24, 2.45) is 0 Å². The summed E-state index contributed by atoms with van der Waals surface area (Å²) in [6.45, 7) is 1.57. The maximum atomic E-state index is 12.7. The van der Waals surface area contributed by atoms with Crippen molar-refractivity contribution < 1.29 is 19.5 Å². The van der Waals surface area contributed by atoms with E-state index in [0.717, 1.165) is 0 Å². The van der Waals surface area contributed by atoms with Gasteiger partial charge >= 0.3 is 5.97 Å². The van der Waals surface area contributed by atoms with E-state index in [2.05, 4.69) is 5.32 Å². The predicted molar refractivity (Wildman–Crippen MR) is 89.8 cm³/mol. The first-order chi connectivity index (χ1) is 11.4. The van der Waals surface area contributed by atoms with Gasteiger partial charge < -0.3 is 10.4 Å². The summed E-state index contributed by atoms with van der Waals surface area (Å²) in [7, 11) is 0. The SMILES string of the molecule is CC1=C(Nc2ccc(C(=O)O)cc2Cl)C(=O)c2ccccc2C1=O. The molecule has 0 aromatic heterocycles. The zero-order valence-electron chi connectivity index (χ0n) is 12.6. The number of aromatic carboxylic acids is 1. The van der Waals surface area contributed by atoms with Crippen LogP contribution in [-0.4, -0.2) is 22.6 Å². The minimum atomic E-state index is -1.10. The topological polar surface area (TPSA) is 83.5 Å². The number of carboxylic acids is 1. The molecule has 1 aliphatic carbocycles. The van der Waals surface area contributed by atoms with Gasteiger partial charge in [0.1, 0.15) is 0 Å². The number of hydrogen-bond donors (Lipinski definition) is 2. The molecule has 24 heavy (non-hydrogen) atoms. The van der Waals surface area contributed by atoms with Gasteiger partial charge in [-0.1, -0.05) is 35.9 Å². The number of carboxylic acid groups (broad SMARTS) is 1. The molecule has 3 rings (SSSR count). The van der Waals surface area contributed by atoms with E-state index in [1.165, 1.54) is 18.2 Å². The summed E-state index contributed by atoms with van der Waals surface area (Å²) in [5.41, 5.74) is 1.52. The molecule has 2 aromatic carbocycles. The van der Waals surface area contributed by atoms with Crippen LogP contribution in [0, 0.1) is 0 Å². The second-order valence-electron chi connectivity index (χ2n) is 5.33. The Balaban J connectivity index is 2.01. The molecule has 0 heterocycles. The van der Waals surface area contributed by atoms with Crippen molar-refractivity contribution in [3.63, 3.8) is 0 Å². The molecule has 6 heteroatoms. The molecule has 0 spiro atoms. The van der Waals surface area contributed by atoms with Crippen molar-refractivity contribution in [1.29, 1.82) is 0 Å². The van der Waals surface area contributed by atoms with E-state index >= 15 is 0 Å². The van der Waals surface area contributed by atoms with Gasteiger partial charge in [-0.2, -0.15) is 0 Å². The first-order valence-corrected chi connectivity index (χ1v) is 7.47. The zero-order chi connectivity index (χ0) is 17.4. The second-order valence-corrected chi connectivity index (χ2v) is 5.74. The lowest BCUT2D eigenvalue weighted by atomic mass is 9.88. The molecule has 2 aromatic rings. The van der Waals surface area contributed by atoms with E-state index < -0.39 is 5.97 Å². The van der Waals surface area contributed by atoms with E-state index in [1.54, 1.807) is 31.2 Å². The van der Waals surface area contributed by atoms with Crippen LogP contribution in [0.15, 0.2) is 53.7 Å². The average molecular weight is 342 g/mol. The van der Waals surface area contributed by atoms with Crippen molar-refractivity contribution in [1.82, 2.24) is 0 Å². The van der Waals surface area contributed by atoms with Crippen LogP contribution in [0.4, 0.5) is 5.69 Å². The van der Waals surface area contributed by atoms with Crippen molar-refractivity contribution in [3.05, 3.63) is 75.4 Å². The Bertz CT molecular complexity index is 930. The first kappa shape index (κ1) is 16.0. The van der Waals surface area contributed by atoms with Crippen molar-refractivity contribution in [2.75, 3.05) is 5.32 Å². The predicted octanol–water partition coefficient (Wildman–Crippen LogP) is 3.80. The maximum absolute atomic E-state index is 12.7. The molecule has 0 saturated carbocycles. The molecular weight excluding hydrogens is 330 g/mol. The normalized spacial score (nSPS) is 13.8. The van der Waals surface area contributed by atoms with Gasteiger partial charge in [0.15, 0.2) is 5.78 Å². The third-order valence-electron chi connectivity index (χ3n) is 3.83. The van der Waals surface area contributed by atoms with E-state index in [4.69, 9.17) is 16.7 Å². The minimum Gasteiger partial charge on any atom is -0.478 e. The van der Waals surface area contributed by atoms with Gasteiger partial charge in [-0.15, -0.1) is 0 Å². The van der Waals surface area contributed by atoms with Gasteiger partial charge in [0, 0.05) is 16.7 Å². The number of nitrogens with one attached hydrogen (secondary N) is 1. The second kappa shape index (κ2) is 5.94. The molecule has 0 radical (unpaired) electrons. The number of allylic oxidation sites excluding steroid dienone is 2. The standard InChI is InChI=1S/C18H12ClNO4/c1-9-15(17(22)12-5-3-2-4-11(12)16(9)21)20-14-7-6-10(18(23)24)8-13(14)19/h2-8,20H,1H3,(H,23,24). The van der Waals surface area contributed by atoms with Gasteiger partial charge in [0.05, 0.1) is 22.0 Å². The molecule has 0 fully saturated rings. The number of benzene rings is 2. The minimum absolute atomic E-state index is 0.0349. The fourth-order valence-corrected chi connectivity index (χ4v) is 2.76. The number of ketones is 2. The Labute approximate surface area is 142 Å². The van der Waals surface area contributed by atoms with Gasteiger partial charge in [-0.25, -0.2) is 4.79 Å². The Morgan fingerprint density at radius 1 is 1.04 bits per heavy atom. The van der Waals surface area contributed by atoms with Crippen LogP contribution in [0.2, 0.25) is 5.02 Å². The summed E-state index contributed by atoms with van der Waals surface area (Å²) in [6.07, 6.45) is 0. The summed E-state index contributed by atoms with van der Waals surface area (Å²) in [5, 5.41) is 12.0. The number of fused-ring (bicyclic) bond motifs is 1. The summed E-state index contributed by atoms with van der Waals surface area (Å²) in [6, 6.07) is 10.7.